The number of carboxylic acid groups (broad SMARTS) is 1. The minimum absolute atomic E-state index is 0.217. The van der Waals surface area contributed by atoms with Crippen LogP contribution in [0.25, 0.3) is 0 Å². The molecule has 2 aromatic carbocycles. The van der Waals surface area contributed by atoms with E-state index in [1.807, 2.05) is 29.2 Å². The van der Waals surface area contributed by atoms with Crippen molar-refractivity contribution >= 4 is 11.8 Å². The molecule has 1 N–H and O–H groups in total. The summed E-state index contributed by atoms with van der Waals surface area (Å²) in [5, 5.41) is 9.39. The van der Waals surface area contributed by atoms with Gasteiger partial charge in [-0.15, -0.1) is 0 Å². The van der Waals surface area contributed by atoms with E-state index in [1.165, 1.54) is 6.07 Å². The predicted molar refractivity (Wildman–Crippen MR) is 116 cm³/mol. The van der Waals surface area contributed by atoms with Crippen LogP contribution in [0.1, 0.15) is 21.5 Å². The topological polar surface area (TPSA) is 65.9 Å². The van der Waals surface area contributed by atoms with Crippen LogP contribution in [0.2, 0.25) is 0 Å². The Morgan fingerprint density at radius 1 is 0.969 bits per heavy atom. The second-order valence-electron chi connectivity index (χ2n) is 7.63. The predicted octanol–water partition coefficient (Wildman–Crippen LogP) is 3.96. The minimum Gasteiger partial charge on any atom is -0.489 e. The highest BCUT2D eigenvalue weighted by Crippen LogP contribution is 2.21. The first-order valence-electron chi connectivity index (χ1n) is 10.3. The molecule has 8 heteroatoms. The van der Waals surface area contributed by atoms with E-state index in [1.54, 1.807) is 18.3 Å². The van der Waals surface area contributed by atoms with E-state index >= 15 is 0 Å². The zero-order valence-electron chi connectivity index (χ0n) is 17.4. The molecular formula is C24H23F2N3O3. The van der Waals surface area contributed by atoms with Gasteiger partial charge in [-0.05, 0) is 35.4 Å². The Morgan fingerprint density at radius 2 is 1.75 bits per heavy atom. The molecule has 0 bridgehead atoms. The van der Waals surface area contributed by atoms with Crippen LogP contribution in [0.4, 0.5) is 14.6 Å². The van der Waals surface area contributed by atoms with Crippen LogP contribution in [0, 0.1) is 11.6 Å². The molecule has 1 aliphatic heterocycles. The summed E-state index contributed by atoms with van der Waals surface area (Å²) in [6, 6.07) is 14.6. The van der Waals surface area contributed by atoms with Crippen molar-refractivity contribution in [2.75, 3.05) is 31.1 Å². The van der Waals surface area contributed by atoms with Crippen molar-refractivity contribution in [2.24, 2.45) is 0 Å². The molecule has 0 radical (unpaired) electrons. The molecule has 166 valence electrons. The van der Waals surface area contributed by atoms with Gasteiger partial charge in [0.15, 0.2) is 11.6 Å². The number of pyridine rings is 1. The first-order valence-corrected chi connectivity index (χ1v) is 10.3. The number of aromatic carboxylic acids is 1. The smallest absolute Gasteiger partial charge is 0.339 e. The normalized spacial score (nSPS) is 14.4. The Kier molecular flexibility index (Phi) is 6.61. The Labute approximate surface area is 184 Å². The van der Waals surface area contributed by atoms with E-state index < -0.39 is 17.6 Å². The van der Waals surface area contributed by atoms with Crippen molar-refractivity contribution in [3.63, 3.8) is 0 Å². The van der Waals surface area contributed by atoms with E-state index in [0.29, 0.717) is 18.9 Å². The van der Waals surface area contributed by atoms with Gasteiger partial charge in [0.05, 0.1) is 0 Å². The van der Waals surface area contributed by atoms with Crippen molar-refractivity contribution in [3.8, 4) is 5.75 Å². The molecule has 0 spiro atoms. The Morgan fingerprint density at radius 3 is 2.50 bits per heavy atom. The van der Waals surface area contributed by atoms with Crippen LogP contribution >= 0.6 is 0 Å². The number of hydrogen-bond donors (Lipinski definition) is 1. The molecule has 32 heavy (non-hydrogen) atoms. The van der Waals surface area contributed by atoms with Crippen LogP contribution in [-0.2, 0) is 13.2 Å². The highest BCUT2D eigenvalue weighted by molar-refractivity contribution is 5.93. The molecule has 4 rings (SSSR count). The maximum absolute atomic E-state index is 13.3. The van der Waals surface area contributed by atoms with Crippen LogP contribution in [-0.4, -0.2) is 47.1 Å². The van der Waals surface area contributed by atoms with Gasteiger partial charge >= 0.3 is 5.97 Å². The third-order valence-electron chi connectivity index (χ3n) is 5.38. The zero-order valence-corrected chi connectivity index (χ0v) is 17.4. The summed E-state index contributed by atoms with van der Waals surface area (Å²) >= 11 is 0. The van der Waals surface area contributed by atoms with E-state index in [4.69, 9.17) is 4.74 Å². The fourth-order valence-corrected chi connectivity index (χ4v) is 3.74. The van der Waals surface area contributed by atoms with Crippen LogP contribution in [0.3, 0.4) is 0 Å². The Bertz CT molecular complexity index is 1100. The zero-order chi connectivity index (χ0) is 22.5. The number of carboxylic acids is 1. The lowest BCUT2D eigenvalue weighted by Crippen LogP contribution is -2.46. The number of nitrogens with zero attached hydrogens (tertiary/aromatic N) is 3. The van der Waals surface area contributed by atoms with Gasteiger partial charge in [-0.3, -0.25) is 4.90 Å². The molecule has 0 saturated carbocycles. The summed E-state index contributed by atoms with van der Waals surface area (Å²) in [4.78, 5) is 20.0. The van der Waals surface area contributed by atoms with Crippen molar-refractivity contribution < 1.29 is 23.4 Å². The second kappa shape index (κ2) is 9.74. The molecular weight excluding hydrogens is 416 g/mol. The third kappa shape index (κ3) is 5.20. The van der Waals surface area contributed by atoms with Gasteiger partial charge in [0.1, 0.15) is 23.7 Å². The molecule has 3 aromatic rings. The number of halogens is 2. The molecule has 1 fully saturated rings. The standard InChI is InChI=1S/C24H23F2N3O3/c25-21-7-6-19(14-22(21)26)32-16-18-4-1-3-17(13-18)15-28-9-11-29(12-10-28)23-20(24(30)31)5-2-8-27-23/h1-8,13-14H,9-12,15-16H2,(H,30,31). The van der Waals surface area contributed by atoms with E-state index in [2.05, 4.69) is 9.88 Å². The molecule has 2 heterocycles. The van der Waals surface area contributed by atoms with Crippen molar-refractivity contribution in [1.29, 1.82) is 0 Å². The van der Waals surface area contributed by atoms with Gasteiger partial charge in [-0.25, -0.2) is 18.6 Å². The second-order valence-corrected chi connectivity index (χ2v) is 7.63. The fraction of sp³-hybridized carbons (Fsp3) is 0.250. The summed E-state index contributed by atoms with van der Waals surface area (Å²) < 4.78 is 32.0. The molecule has 1 aliphatic rings. The van der Waals surface area contributed by atoms with Crippen LogP contribution in [0.5, 0.6) is 5.75 Å². The average Bonchev–Trinajstić information content (AvgIpc) is 2.80. The highest BCUT2D eigenvalue weighted by atomic mass is 19.2. The number of carbonyl (C=O) groups is 1. The lowest BCUT2D eigenvalue weighted by atomic mass is 10.1. The van der Waals surface area contributed by atoms with E-state index in [0.717, 1.165) is 42.9 Å². The Balaban J connectivity index is 1.33. The Hall–Kier alpha value is -3.52. The van der Waals surface area contributed by atoms with Gasteiger partial charge in [0.25, 0.3) is 0 Å². The lowest BCUT2D eigenvalue weighted by molar-refractivity contribution is 0.0697. The highest BCUT2D eigenvalue weighted by Gasteiger charge is 2.22. The molecule has 0 unspecified atom stereocenters. The van der Waals surface area contributed by atoms with Crippen molar-refractivity contribution in [3.05, 3.63) is 89.1 Å². The molecule has 1 aromatic heterocycles. The minimum atomic E-state index is -0.974. The van der Waals surface area contributed by atoms with E-state index in [9.17, 15) is 18.7 Å². The summed E-state index contributed by atoms with van der Waals surface area (Å²) in [5.41, 5.74) is 2.27. The largest absolute Gasteiger partial charge is 0.489 e. The summed E-state index contributed by atoms with van der Waals surface area (Å²) in [7, 11) is 0. The molecule has 6 nitrogen and oxygen atoms in total. The maximum Gasteiger partial charge on any atom is 0.339 e. The number of benzene rings is 2. The molecule has 0 aliphatic carbocycles. The SMILES string of the molecule is O=C(O)c1cccnc1N1CCN(Cc2cccc(COc3ccc(F)c(F)c3)c2)CC1. The molecule has 0 atom stereocenters. The first-order chi connectivity index (χ1) is 15.5. The fourth-order valence-electron chi connectivity index (χ4n) is 3.74. The number of ether oxygens (including phenoxy) is 1. The number of piperazine rings is 1. The number of anilines is 1. The van der Waals surface area contributed by atoms with Crippen LogP contribution in [0.15, 0.2) is 60.8 Å². The maximum atomic E-state index is 13.3. The quantitative estimate of drug-likeness (QED) is 0.601. The lowest BCUT2D eigenvalue weighted by Gasteiger charge is -2.35. The van der Waals surface area contributed by atoms with Gasteiger partial charge in [-0.1, -0.05) is 24.3 Å². The molecule has 0 amide bonds. The number of aromatic nitrogens is 1. The van der Waals surface area contributed by atoms with E-state index in [-0.39, 0.29) is 17.9 Å². The average molecular weight is 439 g/mol. The van der Waals surface area contributed by atoms with Gasteiger partial charge in [0.2, 0.25) is 0 Å². The van der Waals surface area contributed by atoms with Crippen molar-refractivity contribution in [2.45, 2.75) is 13.2 Å². The monoisotopic (exact) mass is 439 g/mol. The van der Waals surface area contributed by atoms with Crippen molar-refractivity contribution in [1.82, 2.24) is 9.88 Å². The summed E-state index contributed by atoms with van der Waals surface area (Å²) in [5.74, 6) is -2.02. The van der Waals surface area contributed by atoms with Gasteiger partial charge < -0.3 is 14.7 Å². The first kappa shape index (κ1) is 21.7. The third-order valence-corrected chi connectivity index (χ3v) is 5.38. The number of rotatable bonds is 7. The van der Waals surface area contributed by atoms with Gasteiger partial charge in [-0.2, -0.15) is 0 Å². The summed E-state index contributed by atoms with van der Waals surface area (Å²) in [6.45, 7) is 3.95. The summed E-state index contributed by atoms with van der Waals surface area (Å²) in [6.07, 6.45) is 1.61. The number of hydrogen-bond acceptors (Lipinski definition) is 5. The van der Waals surface area contributed by atoms with Crippen LogP contribution < -0.4 is 9.64 Å². The molecule has 1 saturated heterocycles. The van der Waals surface area contributed by atoms with Gasteiger partial charge in [0, 0.05) is 45.0 Å².